The molecule has 1 fully saturated rings. The van der Waals surface area contributed by atoms with E-state index in [0.717, 1.165) is 22.9 Å². The number of ether oxygens (including phenoxy) is 1. The number of aromatic nitrogens is 1. The number of aryl methyl sites for hydroxylation is 1. The van der Waals surface area contributed by atoms with Crippen LogP contribution in [-0.4, -0.2) is 29.7 Å². The van der Waals surface area contributed by atoms with Crippen molar-refractivity contribution in [3.8, 4) is 6.07 Å². The molecule has 5 heteroatoms. The maximum absolute atomic E-state index is 12.1. The van der Waals surface area contributed by atoms with Gasteiger partial charge in [0.25, 0.3) is 0 Å². The summed E-state index contributed by atoms with van der Waals surface area (Å²) in [5, 5.41) is 13.1. The molecule has 1 amide bonds. The van der Waals surface area contributed by atoms with Gasteiger partial charge in [-0.1, -0.05) is 18.2 Å². The maximum atomic E-state index is 12.1. The normalized spacial score (nSPS) is 19.0. The van der Waals surface area contributed by atoms with Crippen LogP contribution in [0.5, 0.6) is 0 Å². The fourth-order valence-corrected chi connectivity index (χ4v) is 2.94. The second-order valence-corrected chi connectivity index (χ2v) is 5.78. The average Bonchev–Trinajstić information content (AvgIpc) is 3.20. The van der Waals surface area contributed by atoms with Crippen LogP contribution in [0, 0.1) is 17.2 Å². The molecule has 0 bridgehead atoms. The van der Waals surface area contributed by atoms with Crippen LogP contribution in [0.2, 0.25) is 0 Å². The molecule has 2 atom stereocenters. The number of carbonyl (C=O) groups is 1. The number of para-hydroxylation sites is 1. The van der Waals surface area contributed by atoms with E-state index >= 15 is 0 Å². The molecule has 1 aromatic carbocycles. The number of nitrogens with zero attached hydrogens (tertiary/aromatic N) is 2. The number of fused-ring (bicyclic) bond motifs is 1. The van der Waals surface area contributed by atoms with Crippen molar-refractivity contribution in [3.05, 3.63) is 42.1 Å². The Morgan fingerprint density at radius 3 is 3.09 bits per heavy atom. The van der Waals surface area contributed by atoms with E-state index in [-0.39, 0.29) is 11.8 Å². The van der Waals surface area contributed by atoms with E-state index in [4.69, 9.17) is 4.74 Å². The number of hydrogen-bond acceptors (Lipinski definition) is 3. The zero-order chi connectivity index (χ0) is 16.2. The van der Waals surface area contributed by atoms with E-state index in [1.165, 1.54) is 6.08 Å². The van der Waals surface area contributed by atoms with Crippen molar-refractivity contribution in [2.45, 2.75) is 12.5 Å². The van der Waals surface area contributed by atoms with Crippen LogP contribution in [0.25, 0.3) is 17.0 Å². The largest absolute Gasteiger partial charge is 0.381 e. The predicted molar refractivity (Wildman–Crippen MR) is 88.4 cm³/mol. The van der Waals surface area contributed by atoms with Crippen molar-refractivity contribution < 1.29 is 9.53 Å². The smallest absolute Gasteiger partial charge is 0.245 e. The fourth-order valence-electron chi connectivity index (χ4n) is 2.94. The molecule has 3 rings (SSSR count). The lowest BCUT2D eigenvalue weighted by atomic mass is 10.0. The van der Waals surface area contributed by atoms with E-state index in [1.807, 2.05) is 42.1 Å². The van der Waals surface area contributed by atoms with Crippen LogP contribution in [-0.2, 0) is 16.6 Å². The number of nitrogens with one attached hydrogen (secondary N) is 1. The minimum atomic E-state index is -0.498. The average molecular weight is 309 g/mol. The molecule has 1 N–H and O–H groups in total. The van der Waals surface area contributed by atoms with Gasteiger partial charge >= 0.3 is 0 Å². The third-order valence-electron chi connectivity index (χ3n) is 4.22. The van der Waals surface area contributed by atoms with Crippen LogP contribution in [0.15, 0.2) is 36.5 Å². The molecule has 2 aromatic rings. The van der Waals surface area contributed by atoms with Gasteiger partial charge in [0.05, 0.1) is 12.7 Å². The Bertz CT molecular complexity index is 779. The Morgan fingerprint density at radius 2 is 2.35 bits per heavy atom. The summed E-state index contributed by atoms with van der Waals surface area (Å²) in [6.07, 6.45) is 6.08. The first-order chi connectivity index (χ1) is 11.2. The lowest BCUT2D eigenvalue weighted by Crippen LogP contribution is -2.38. The van der Waals surface area contributed by atoms with E-state index < -0.39 is 6.04 Å². The highest BCUT2D eigenvalue weighted by Crippen LogP contribution is 2.21. The molecule has 2 unspecified atom stereocenters. The Kier molecular flexibility index (Phi) is 4.45. The third kappa shape index (κ3) is 3.27. The molecule has 0 radical (unpaired) electrons. The molecule has 1 saturated heterocycles. The molecule has 1 aliphatic heterocycles. The first-order valence-corrected chi connectivity index (χ1v) is 7.69. The number of carbonyl (C=O) groups excluding carboxylic acids is 1. The summed E-state index contributed by atoms with van der Waals surface area (Å²) in [6, 6.07) is 9.70. The molecule has 5 nitrogen and oxygen atoms in total. The van der Waals surface area contributed by atoms with Crippen LogP contribution in [0.4, 0.5) is 0 Å². The zero-order valence-electron chi connectivity index (χ0n) is 13.0. The van der Waals surface area contributed by atoms with Crippen LogP contribution < -0.4 is 5.32 Å². The Morgan fingerprint density at radius 1 is 1.52 bits per heavy atom. The van der Waals surface area contributed by atoms with Crippen LogP contribution in [0.3, 0.4) is 0 Å². The second-order valence-electron chi connectivity index (χ2n) is 5.78. The summed E-state index contributed by atoms with van der Waals surface area (Å²) in [6.45, 7) is 1.19. The van der Waals surface area contributed by atoms with Gasteiger partial charge in [-0.3, -0.25) is 4.79 Å². The van der Waals surface area contributed by atoms with Gasteiger partial charge in [-0.25, -0.2) is 0 Å². The van der Waals surface area contributed by atoms with Crippen molar-refractivity contribution in [2.75, 3.05) is 13.2 Å². The summed E-state index contributed by atoms with van der Waals surface area (Å²) >= 11 is 0. The van der Waals surface area contributed by atoms with E-state index in [0.29, 0.717) is 13.2 Å². The molecule has 1 aliphatic rings. The van der Waals surface area contributed by atoms with Gasteiger partial charge < -0.3 is 14.6 Å². The summed E-state index contributed by atoms with van der Waals surface area (Å²) in [5.41, 5.74) is 2.10. The van der Waals surface area contributed by atoms with Gasteiger partial charge in [0.15, 0.2) is 0 Å². The summed E-state index contributed by atoms with van der Waals surface area (Å²) < 4.78 is 7.31. The first-order valence-electron chi connectivity index (χ1n) is 7.69. The van der Waals surface area contributed by atoms with Crippen molar-refractivity contribution in [1.82, 2.24) is 9.88 Å². The minimum absolute atomic E-state index is 0.0786. The predicted octanol–water partition coefficient (Wildman–Crippen LogP) is 2.24. The summed E-state index contributed by atoms with van der Waals surface area (Å²) in [5.74, 6) is -0.175. The highest BCUT2D eigenvalue weighted by molar-refractivity contribution is 5.96. The van der Waals surface area contributed by atoms with Gasteiger partial charge in [0.1, 0.15) is 6.04 Å². The Balaban J connectivity index is 1.71. The molecule has 0 spiro atoms. The van der Waals surface area contributed by atoms with Gasteiger partial charge in [-0.2, -0.15) is 5.26 Å². The highest BCUT2D eigenvalue weighted by Gasteiger charge is 2.26. The van der Waals surface area contributed by atoms with Crippen molar-refractivity contribution in [2.24, 2.45) is 13.0 Å². The van der Waals surface area contributed by atoms with Crippen LogP contribution in [0.1, 0.15) is 12.0 Å². The van der Waals surface area contributed by atoms with E-state index in [1.54, 1.807) is 6.08 Å². The fraction of sp³-hybridized carbons (Fsp3) is 0.333. The number of hydrogen-bond donors (Lipinski definition) is 1. The van der Waals surface area contributed by atoms with Gasteiger partial charge in [-0.15, -0.1) is 0 Å². The van der Waals surface area contributed by atoms with Crippen molar-refractivity contribution in [3.63, 3.8) is 0 Å². The van der Waals surface area contributed by atoms with Gasteiger partial charge in [0.2, 0.25) is 5.91 Å². The number of amides is 1. The molecule has 2 heterocycles. The lowest BCUT2D eigenvalue weighted by Gasteiger charge is -2.15. The summed E-state index contributed by atoms with van der Waals surface area (Å²) in [4.78, 5) is 12.1. The monoisotopic (exact) mass is 309 g/mol. The molecule has 1 aromatic heterocycles. The lowest BCUT2D eigenvalue weighted by molar-refractivity contribution is -0.117. The van der Waals surface area contributed by atoms with Crippen molar-refractivity contribution >= 4 is 22.9 Å². The number of benzene rings is 1. The molecular formula is C18H19N3O2. The number of nitriles is 1. The molecule has 23 heavy (non-hydrogen) atoms. The Labute approximate surface area is 135 Å². The highest BCUT2D eigenvalue weighted by atomic mass is 16.5. The van der Waals surface area contributed by atoms with Crippen LogP contribution >= 0.6 is 0 Å². The SMILES string of the molecule is Cn1cc(/C=C/C(=O)NC(C#N)C2CCOC2)c2ccccc21. The second kappa shape index (κ2) is 6.67. The third-order valence-corrected chi connectivity index (χ3v) is 4.22. The standard InChI is InChI=1S/C18H19N3O2/c1-21-11-13(15-4-2-3-5-17(15)21)6-7-18(22)20-16(10-19)14-8-9-23-12-14/h2-7,11,14,16H,8-9,12H2,1H3,(H,20,22)/b7-6+. The van der Waals surface area contributed by atoms with Crippen molar-refractivity contribution in [1.29, 1.82) is 5.26 Å². The van der Waals surface area contributed by atoms with Gasteiger partial charge in [-0.05, 0) is 18.6 Å². The van der Waals surface area contributed by atoms with E-state index in [2.05, 4.69) is 11.4 Å². The number of rotatable bonds is 4. The first kappa shape index (κ1) is 15.3. The Hall–Kier alpha value is -2.58. The topological polar surface area (TPSA) is 67.0 Å². The molecule has 0 saturated carbocycles. The zero-order valence-corrected chi connectivity index (χ0v) is 13.0. The van der Waals surface area contributed by atoms with E-state index in [9.17, 15) is 10.1 Å². The molecular weight excluding hydrogens is 290 g/mol. The minimum Gasteiger partial charge on any atom is -0.381 e. The maximum Gasteiger partial charge on any atom is 0.245 e. The summed E-state index contributed by atoms with van der Waals surface area (Å²) in [7, 11) is 1.98. The quantitative estimate of drug-likeness (QED) is 0.881. The molecule has 0 aliphatic carbocycles. The molecule has 118 valence electrons. The van der Waals surface area contributed by atoms with Gasteiger partial charge in [0, 0.05) is 48.3 Å².